The van der Waals surface area contributed by atoms with Crippen molar-refractivity contribution in [2.75, 3.05) is 12.3 Å². The summed E-state index contributed by atoms with van der Waals surface area (Å²) >= 11 is -0.192. The molecule has 0 saturated heterocycles. The highest BCUT2D eigenvalue weighted by Gasteiger charge is 2.28. The molecule has 0 radical (unpaired) electrons. The Labute approximate surface area is 108 Å². The highest BCUT2D eigenvalue weighted by molar-refractivity contribution is 8.00. The van der Waals surface area contributed by atoms with E-state index in [0.717, 1.165) is 0 Å². The summed E-state index contributed by atoms with van der Waals surface area (Å²) in [6.07, 6.45) is 0. The average molecular weight is 286 g/mol. The minimum absolute atomic E-state index is 0.0915. The van der Waals surface area contributed by atoms with Crippen molar-refractivity contribution in [2.45, 2.75) is 32.3 Å². The molecule has 0 aliphatic rings. The van der Waals surface area contributed by atoms with Crippen molar-refractivity contribution in [2.24, 2.45) is 5.92 Å². The minimum atomic E-state index is -4.29. The molecule has 106 valence electrons. The largest absolute Gasteiger partial charge is 0.441 e. The van der Waals surface area contributed by atoms with Gasteiger partial charge in [0.15, 0.2) is 0 Å². The van der Waals surface area contributed by atoms with Gasteiger partial charge >= 0.3 is 5.51 Å². The molecule has 0 heterocycles. The second kappa shape index (κ2) is 7.50. The molecule has 0 aromatic heterocycles. The van der Waals surface area contributed by atoms with Gasteiger partial charge in [-0.15, -0.1) is 0 Å². The number of hydrogen-bond acceptors (Lipinski definition) is 3. The minimum Gasteiger partial charge on any atom is -0.353 e. The van der Waals surface area contributed by atoms with Crippen molar-refractivity contribution < 1.29 is 22.8 Å². The number of amides is 2. The van der Waals surface area contributed by atoms with Gasteiger partial charge in [0, 0.05) is 19.2 Å². The number of carbonyl (C=O) groups excluding carboxylic acids is 2. The molecule has 0 aliphatic carbocycles. The van der Waals surface area contributed by atoms with E-state index < -0.39 is 17.5 Å². The number of alkyl halides is 3. The van der Waals surface area contributed by atoms with E-state index in [1.165, 1.54) is 6.92 Å². The van der Waals surface area contributed by atoms with E-state index in [4.69, 9.17) is 0 Å². The predicted molar refractivity (Wildman–Crippen MR) is 64.0 cm³/mol. The summed E-state index contributed by atoms with van der Waals surface area (Å²) in [6, 6.07) is -0.724. The first-order valence-electron chi connectivity index (χ1n) is 5.39. The van der Waals surface area contributed by atoms with Crippen LogP contribution in [0.1, 0.15) is 20.8 Å². The van der Waals surface area contributed by atoms with E-state index in [9.17, 15) is 22.8 Å². The van der Waals surface area contributed by atoms with Crippen molar-refractivity contribution in [1.29, 1.82) is 0 Å². The third kappa shape index (κ3) is 8.21. The highest BCUT2D eigenvalue weighted by Crippen LogP contribution is 2.29. The van der Waals surface area contributed by atoms with Crippen molar-refractivity contribution >= 4 is 23.6 Å². The lowest BCUT2D eigenvalue weighted by Crippen LogP contribution is -2.49. The number of nitrogens with one attached hydrogen (secondary N) is 2. The zero-order chi connectivity index (χ0) is 14.3. The summed E-state index contributed by atoms with van der Waals surface area (Å²) in [6.45, 7) is 4.67. The quantitative estimate of drug-likeness (QED) is 0.728. The molecule has 0 aromatic rings. The maximum Gasteiger partial charge on any atom is 0.441 e. The van der Waals surface area contributed by atoms with Gasteiger partial charge in [0.1, 0.15) is 6.04 Å². The molecule has 1 atom stereocenters. The van der Waals surface area contributed by atoms with E-state index in [0.29, 0.717) is 0 Å². The number of thioether (sulfide) groups is 1. The van der Waals surface area contributed by atoms with Crippen LogP contribution < -0.4 is 10.6 Å². The third-order valence-corrected chi connectivity index (χ3v) is 2.71. The van der Waals surface area contributed by atoms with Gasteiger partial charge in [-0.2, -0.15) is 13.2 Å². The monoisotopic (exact) mass is 286 g/mol. The van der Waals surface area contributed by atoms with Crippen LogP contribution in [-0.2, 0) is 9.59 Å². The third-order valence-electron chi connectivity index (χ3n) is 1.97. The first-order valence-corrected chi connectivity index (χ1v) is 6.37. The summed E-state index contributed by atoms with van der Waals surface area (Å²) in [5, 5.41) is 4.82. The van der Waals surface area contributed by atoms with Crippen LogP contribution in [0.2, 0.25) is 0 Å². The van der Waals surface area contributed by atoms with Gasteiger partial charge in [0.25, 0.3) is 0 Å². The summed E-state index contributed by atoms with van der Waals surface area (Å²) in [5.74, 6) is -1.21. The summed E-state index contributed by atoms with van der Waals surface area (Å²) in [5.41, 5.74) is -4.29. The molecule has 0 rings (SSSR count). The summed E-state index contributed by atoms with van der Waals surface area (Å²) < 4.78 is 35.5. The zero-order valence-electron chi connectivity index (χ0n) is 10.4. The second-order valence-electron chi connectivity index (χ2n) is 4.01. The van der Waals surface area contributed by atoms with Crippen LogP contribution in [0.5, 0.6) is 0 Å². The maximum atomic E-state index is 11.8. The van der Waals surface area contributed by atoms with Gasteiger partial charge in [-0.1, -0.05) is 13.8 Å². The van der Waals surface area contributed by atoms with E-state index in [1.54, 1.807) is 13.8 Å². The predicted octanol–water partition coefficient (Wildman–Crippen LogP) is 1.52. The van der Waals surface area contributed by atoms with Gasteiger partial charge in [0.05, 0.1) is 0 Å². The van der Waals surface area contributed by atoms with Gasteiger partial charge < -0.3 is 10.6 Å². The fourth-order valence-corrected chi connectivity index (χ4v) is 1.64. The maximum absolute atomic E-state index is 11.8. The smallest absolute Gasteiger partial charge is 0.353 e. The van der Waals surface area contributed by atoms with Crippen molar-refractivity contribution in [3.05, 3.63) is 0 Å². The number of halogens is 3. The van der Waals surface area contributed by atoms with Gasteiger partial charge in [0.2, 0.25) is 11.8 Å². The molecule has 1 unspecified atom stereocenters. The molecule has 0 saturated carbocycles. The Hall–Kier alpha value is -0.920. The molecular formula is C10H17F3N2O2S. The van der Waals surface area contributed by atoms with Crippen LogP contribution in [0.25, 0.3) is 0 Å². The lowest BCUT2D eigenvalue weighted by Gasteiger charge is -2.20. The Balaban J connectivity index is 4.08. The Kier molecular flexibility index (Phi) is 7.12. The van der Waals surface area contributed by atoms with Crippen LogP contribution in [0.15, 0.2) is 0 Å². The highest BCUT2D eigenvalue weighted by atomic mass is 32.2. The standard InChI is InChI=1S/C10H17F3N2O2S/c1-6(2)8(15-7(3)16)9(17)14-4-5-18-10(11,12)13/h6,8H,4-5H2,1-3H3,(H,14,17)(H,15,16). The molecule has 18 heavy (non-hydrogen) atoms. The lowest BCUT2D eigenvalue weighted by molar-refractivity contribution is -0.129. The zero-order valence-corrected chi connectivity index (χ0v) is 11.2. The Morgan fingerprint density at radius 1 is 1.28 bits per heavy atom. The number of rotatable bonds is 6. The number of carbonyl (C=O) groups is 2. The summed E-state index contributed by atoms with van der Waals surface area (Å²) in [7, 11) is 0. The molecule has 0 fully saturated rings. The molecule has 8 heteroatoms. The van der Waals surface area contributed by atoms with E-state index in [2.05, 4.69) is 10.6 Å². The fraction of sp³-hybridized carbons (Fsp3) is 0.800. The van der Waals surface area contributed by atoms with Crippen LogP contribution in [-0.4, -0.2) is 35.7 Å². The SMILES string of the molecule is CC(=O)NC(C(=O)NCCSC(F)(F)F)C(C)C. The van der Waals surface area contributed by atoms with Crippen LogP contribution in [0.3, 0.4) is 0 Å². The van der Waals surface area contributed by atoms with Gasteiger partial charge in [-0.05, 0) is 17.7 Å². The molecule has 0 aliphatic heterocycles. The number of hydrogen-bond donors (Lipinski definition) is 2. The topological polar surface area (TPSA) is 58.2 Å². The van der Waals surface area contributed by atoms with Crippen LogP contribution in [0.4, 0.5) is 13.2 Å². The molecule has 0 aromatic carbocycles. The lowest BCUT2D eigenvalue weighted by atomic mass is 10.0. The van der Waals surface area contributed by atoms with Crippen molar-refractivity contribution in [3.63, 3.8) is 0 Å². The first kappa shape index (κ1) is 17.1. The van der Waals surface area contributed by atoms with Gasteiger partial charge in [-0.3, -0.25) is 9.59 Å². The van der Waals surface area contributed by atoms with E-state index >= 15 is 0 Å². The van der Waals surface area contributed by atoms with Crippen molar-refractivity contribution in [3.8, 4) is 0 Å². The first-order chi connectivity index (χ1) is 8.13. The van der Waals surface area contributed by atoms with Crippen LogP contribution >= 0.6 is 11.8 Å². The molecule has 0 bridgehead atoms. The summed E-state index contributed by atoms with van der Waals surface area (Å²) in [4.78, 5) is 22.5. The molecule has 0 spiro atoms. The van der Waals surface area contributed by atoms with E-state index in [1.807, 2.05) is 0 Å². The van der Waals surface area contributed by atoms with Crippen LogP contribution in [0, 0.1) is 5.92 Å². The molecule has 2 amide bonds. The Morgan fingerprint density at radius 3 is 2.22 bits per heavy atom. The fourth-order valence-electron chi connectivity index (χ4n) is 1.20. The molecule has 2 N–H and O–H groups in total. The van der Waals surface area contributed by atoms with Crippen molar-refractivity contribution in [1.82, 2.24) is 10.6 Å². The Morgan fingerprint density at radius 2 is 1.83 bits per heavy atom. The second-order valence-corrected chi connectivity index (χ2v) is 5.17. The van der Waals surface area contributed by atoms with E-state index in [-0.39, 0.29) is 35.9 Å². The molecular weight excluding hydrogens is 269 g/mol. The van der Waals surface area contributed by atoms with Gasteiger partial charge in [-0.25, -0.2) is 0 Å². The average Bonchev–Trinajstić information content (AvgIpc) is 2.18. The normalized spacial score (nSPS) is 13.3. The molecule has 4 nitrogen and oxygen atoms in total. The Bertz CT molecular complexity index is 295.